The first-order chi connectivity index (χ1) is 7.22. The Morgan fingerprint density at radius 1 is 1.53 bits per heavy atom. The van der Waals surface area contributed by atoms with E-state index in [0.29, 0.717) is 17.9 Å². The van der Waals surface area contributed by atoms with Gasteiger partial charge in [0.05, 0.1) is 0 Å². The topological polar surface area (TPSA) is 55.8 Å². The average molecular weight is 208 g/mol. The van der Waals surface area contributed by atoms with Crippen molar-refractivity contribution in [3.8, 4) is 17.2 Å². The number of rotatable bonds is 3. The summed E-state index contributed by atoms with van der Waals surface area (Å²) in [5.74, 6) is 1.34. The number of aromatic hydroxyl groups is 1. The van der Waals surface area contributed by atoms with Crippen LogP contribution < -0.4 is 9.47 Å². The third-order valence-electron chi connectivity index (χ3n) is 2.47. The lowest BCUT2D eigenvalue weighted by atomic mass is 9.97. The van der Waals surface area contributed by atoms with E-state index in [1.807, 2.05) is 6.92 Å². The summed E-state index contributed by atoms with van der Waals surface area (Å²) in [6.07, 6.45) is 1.26. The number of aldehydes is 1. The highest BCUT2D eigenvalue weighted by atomic mass is 16.7. The summed E-state index contributed by atoms with van der Waals surface area (Å²) in [6, 6.07) is 3.13. The molecule has 0 amide bonds. The maximum atomic E-state index is 10.4. The monoisotopic (exact) mass is 208 g/mol. The van der Waals surface area contributed by atoms with Crippen LogP contribution in [0, 0.1) is 0 Å². The Morgan fingerprint density at radius 3 is 3.07 bits per heavy atom. The third-order valence-corrected chi connectivity index (χ3v) is 2.47. The van der Waals surface area contributed by atoms with Gasteiger partial charge in [-0.3, -0.25) is 0 Å². The van der Waals surface area contributed by atoms with Gasteiger partial charge in [0, 0.05) is 18.1 Å². The SMILES string of the molecule is CC(CC=O)c1cc(O)cc2c1OCO2. The van der Waals surface area contributed by atoms with Crippen molar-refractivity contribution in [3.05, 3.63) is 17.7 Å². The van der Waals surface area contributed by atoms with Crippen LogP contribution in [0.15, 0.2) is 12.1 Å². The molecule has 1 aliphatic rings. The highest BCUT2D eigenvalue weighted by Gasteiger charge is 2.22. The molecule has 0 aliphatic carbocycles. The molecule has 2 rings (SSSR count). The number of fused-ring (bicyclic) bond motifs is 1. The van der Waals surface area contributed by atoms with Gasteiger partial charge in [-0.05, 0) is 12.0 Å². The van der Waals surface area contributed by atoms with Gasteiger partial charge in [-0.25, -0.2) is 0 Å². The smallest absolute Gasteiger partial charge is 0.231 e. The van der Waals surface area contributed by atoms with Crippen LogP contribution in [0.4, 0.5) is 0 Å². The predicted octanol–water partition coefficient (Wildman–Crippen LogP) is 1.81. The van der Waals surface area contributed by atoms with Crippen LogP contribution in [0.5, 0.6) is 17.2 Å². The van der Waals surface area contributed by atoms with E-state index in [4.69, 9.17) is 9.47 Å². The number of phenolic OH excluding ortho intramolecular Hbond substituents is 1. The van der Waals surface area contributed by atoms with E-state index in [-0.39, 0.29) is 18.5 Å². The number of hydrogen-bond acceptors (Lipinski definition) is 4. The van der Waals surface area contributed by atoms with E-state index in [9.17, 15) is 9.90 Å². The van der Waals surface area contributed by atoms with E-state index in [1.165, 1.54) is 6.07 Å². The molecule has 0 bridgehead atoms. The molecule has 4 nitrogen and oxygen atoms in total. The van der Waals surface area contributed by atoms with Gasteiger partial charge in [0.25, 0.3) is 0 Å². The zero-order chi connectivity index (χ0) is 10.8. The van der Waals surface area contributed by atoms with Gasteiger partial charge in [0.2, 0.25) is 6.79 Å². The number of carbonyl (C=O) groups excluding carboxylic acids is 1. The molecular formula is C11H12O4. The Balaban J connectivity index is 2.41. The second kappa shape index (κ2) is 3.81. The summed E-state index contributed by atoms with van der Waals surface area (Å²) < 4.78 is 10.5. The Hall–Kier alpha value is -1.71. The maximum absolute atomic E-state index is 10.4. The van der Waals surface area contributed by atoms with Gasteiger partial charge in [-0.1, -0.05) is 6.92 Å². The lowest BCUT2D eigenvalue weighted by molar-refractivity contribution is -0.108. The van der Waals surface area contributed by atoms with Crippen LogP contribution in [0.25, 0.3) is 0 Å². The molecule has 0 saturated carbocycles. The summed E-state index contributed by atoms with van der Waals surface area (Å²) in [5.41, 5.74) is 0.814. The van der Waals surface area contributed by atoms with E-state index >= 15 is 0 Å². The van der Waals surface area contributed by atoms with Gasteiger partial charge in [-0.15, -0.1) is 0 Å². The van der Waals surface area contributed by atoms with Gasteiger partial charge in [-0.2, -0.15) is 0 Å². The van der Waals surface area contributed by atoms with Crippen molar-refractivity contribution >= 4 is 6.29 Å². The fourth-order valence-electron chi connectivity index (χ4n) is 1.66. The van der Waals surface area contributed by atoms with Crippen molar-refractivity contribution in [2.75, 3.05) is 6.79 Å². The Kier molecular flexibility index (Phi) is 2.49. The summed E-state index contributed by atoms with van der Waals surface area (Å²) in [4.78, 5) is 10.4. The number of hydrogen-bond donors (Lipinski definition) is 1. The van der Waals surface area contributed by atoms with Crippen LogP contribution in [0.2, 0.25) is 0 Å². The van der Waals surface area contributed by atoms with Crippen LogP contribution in [-0.2, 0) is 4.79 Å². The number of phenols is 1. The molecule has 4 heteroatoms. The molecule has 80 valence electrons. The Labute approximate surface area is 87.4 Å². The van der Waals surface area contributed by atoms with Crippen LogP contribution >= 0.6 is 0 Å². The van der Waals surface area contributed by atoms with Crippen LogP contribution in [-0.4, -0.2) is 18.2 Å². The van der Waals surface area contributed by atoms with Gasteiger partial charge >= 0.3 is 0 Å². The minimum absolute atomic E-state index is 0.0186. The fraction of sp³-hybridized carbons (Fsp3) is 0.364. The molecule has 1 atom stereocenters. The number of ether oxygens (including phenoxy) is 2. The first-order valence-electron chi connectivity index (χ1n) is 4.78. The van der Waals surface area contributed by atoms with E-state index in [2.05, 4.69) is 0 Å². The molecule has 1 unspecified atom stereocenters. The average Bonchev–Trinajstić information content (AvgIpc) is 2.64. The van der Waals surface area contributed by atoms with Crippen molar-refractivity contribution < 1.29 is 19.4 Å². The minimum Gasteiger partial charge on any atom is -0.508 e. The largest absolute Gasteiger partial charge is 0.508 e. The third kappa shape index (κ3) is 1.75. The molecule has 1 N–H and O–H groups in total. The van der Waals surface area contributed by atoms with E-state index in [0.717, 1.165) is 11.8 Å². The predicted molar refractivity (Wildman–Crippen MR) is 53.3 cm³/mol. The minimum atomic E-state index is 0.0186. The maximum Gasteiger partial charge on any atom is 0.231 e. The summed E-state index contributed by atoms with van der Waals surface area (Å²) in [7, 11) is 0. The van der Waals surface area contributed by atoms with Gasteiger partial charge in [0.1, 0.15) is 12.0 Å². The van der Waals surface area contributed by atoms with Crippen molar-refractivity contribution in [2.24, 2.45) is 0 Å². The van der Waals surface area contributed by atoms with Crippen LogP contribution in [0.1, 0.15) is 24.8 Å². The molecule has 15 heavy (non-hydrogen) atoms. The number of carbonyl (C=O) groups is 1. The molecule has 1 aromatic carbocycles. The Morgan fingerprint density at radius 2 is 2.33 bits per heavy atom. The van der Waals surface area contributed by atoms with Crippen molar-refractivity contribution in [1.82, 2.24) is 0 Å². The molecule has 1 heterocycles. The number of benzene rings is 1. The molecular weight excluding hydrogens is 196 g/mol. The highest BCUT2D eigenvalue weighted by Crippen LogP contribution is 2.42. The molecule has 0 radical (unpaired) electrons. The first kappa shape index (κ1) is 9.83. The van der Waals surface area contributed by atoms with Crippen LogP contribution in [0.3, 0.4) is 0 Å². The second-order valence-corrected chi connectivity index (χ2v) is 3.57. The van der Waals surface area contributed by atoms with Gasteiger partial charge < -0.3 is 19.4 Å². The standard InChI is InChI=1S/C11H12O4/c1-7(2-3-12)9-4-8(13)5-10-11(9)15-6-14-10/h3-5,7,13H,2,6H2,1H3. The molecule has 0 aromatic heterocycles. The molecule has 0 spiro atoms. The fourth-order valence-corrected chi connectivity index (χ4v) is 1.66. The summed E-state index contributed by atoms with van der Waals surface area (Å²) in [5, 5.41) is 9.47. The lowest BCUT2D eigenvalue weighted by Gasteiger charge is -2.11. The zero-order valence-corrected chi connectivity index (χ0v) is 8.40. The van der Waals surface area contributed by atoms with Crippen molar-refractivity contribution in [3.63, 3.8) is 0 Å². The first-order valence-corrected chi connectivity index (χ1v) is 4.78. The summed E-state index contributed by atoms with van der Waals surface area (Å²) >= 11 is 0. The van der Waals surface area contributed by atoms with Crippen molar-refractivity contribution in [1.29, 1.82) is 0 Å². The second-order valence-electron chi connectivity index (χ2n) is 3.57. The lowest BCUT2D eigenvalue weighted by Crippen LogP contribution is -1.98. The molecule has 1 aliphatic heterocycles. The van der Waals surface area contributed by atoms with Crippen molar-refractivity contribution in [2.45, 2.75) is 19.3 Å². The molecule has 0 fully saturated rings. The quantitative estimate of drug-likeness (QED) is 0.770. The van der Waals surface area contributed by atoms with Gasteiger partial charge in [0.15, 0.2) is 11.5 Å². The zero-order valence-electron chi connectivity index (χ0n) is 8.40. The summed E-state index contributed by atoms with van der Waals surface area (Å²) in [6.45, 7) is 2.07. The Bertz CT molecular complexity index is 386. The highest BCUT2D eigenvalue weighted by molar-refractivity contribution is 5.57. The van der Waals surface area contributed by atoms with E-state index < -0.39 is 0 Å². The van der Waals surface area contributed by atoms with E-state index in [1.54, 1.807) is 6.07 Å². The normalized spacial score (nSPS) is 15.0. The molecule has 0 saturated heterocycles. The molecule has 1 aromatic rings.